The average molecular weight is 327 g/mol. The van der Waals surface area contributed by atoms with Crippen LogP contribution >= 0.6 is 11.6 Å². The quantitative estimate of drug-likeness (QED) is 0.935. The van der Waals surface area contributed by atoms with Gasteiger partial charge in [0.15, 0.2) is 0 Å². The summed E-state index contributed by atoms with van der Waals surface area (Å²) in [6.45, 7) is 1.67. The van der Waals surface area contributed by atoms with Crippen LogP contribution in [0.3, 0.4) is 0 Å². The van der Waals surface area contributed by atoms with Gasteiger partial charge in [-0.2, -0.15) is 0 Å². The number of rotatable bonds is 4. The van der Waals surface area contributed by atoms with Crippen LogP contribution in [0.2, 0.25) is 5.02 Å². The molecule has 0 aliphatic carbocycles. The minimum absolute atomic E-state index is 0.154. The first-order valence-corrected chi connectivity index (χ1v) is 8.55. The molecule has 112 valence electrons. The highest BCUT2D eigenvalue weighted by atomic mass is 35.5. The van der Waals surface area contributed by atoms with Gasteiger partial charge in [0, 0.05) is 24.7 Å². The molecule has 0 bridgehead atoms. The fourth-order valence-electron chi connectivity index (χ4n) is 2.38. The molecular weight excluding hydrogens is 312 g/mol. The Morgan fingerprint density at radius 3 is 3.00 bits per heavy atom. The Morgan fingerprint density at radius 1 is 1.38 bits per heavy atom. The number of nitrogens with zero attached hydrogens (tertiary/aromatic N) is 1. The lowest BCUT2D eigenvalue weighted by molar-refractivity contribution is 0.186. The fraction of sp³-hybridized carbons (Fsp3) is 0.357. The third-order valence-corrected chi connectivity index (χ3v) is 5.34. The van der Waals surface area contributed by atoms with Crippen molar-refractivity contribution in [2.45, 2.75) is 11.3 Å². The number of hydrogen-bond acceptors (Lipinski definition) is 4. The summed E-state index contributed by atoms with van der Waals surface area (Å²) in [7, 11) is -3.62. The maximum absolute atomic E-state index is 12.5. The van der Waals surface area contributed by atoms with E-state index in [4.69, 9.17) is 16.3 Å². The highest BCUT2D eigenvalue weighted by Gasteiger charge is 2.22. The third-order valence-electron chi connectivity index (χ3n) is 3.56. The van der Waals surface area contributed by atoms with Crippen molar-refractivity contribution in [2.24, 2.45) is 5.92 Å². The van der Waals surface area contributed by atoms with E-state index in [1.54, 1.807) is 24.3 Å². The number of para-hydroxylation sites is 1. The molecular formula is C14H15ClN2O3S. The van der Waals surface area contributed by atoms with Crippen molar-refractivity contribution in [3.05, 3.63) is 35.5 Å². The Labute approximate surface area is 128 Å². The number of fused-ring (bicyclic) bond motifs is 1. The number of nitrogens with one attached hydrogen (secondary N) is 1. The number of aromatic nitrogens is 1. The SMILES string of the molecule is O=S(=O)(NCC1CCOC1)c1cccc2c(Cl)ccnc12. The van der Waals surface area contributed by atoms with E-state index in [1.165, 1.54) is 6.20 Å². The van der Waals surface area contributed by atoms with E-state index < -0.39 is 10.0 Å². The van der Waals surface area contributed by atoms with Crippen LogP contribution in [-0.2, 0) is 14.8 Å². The Hall–Kier alpha value is -1.21. The topological polar surface area (TPSA) is 68.3 Å². The predicted molar refractivity (Wildman–Crippen MR) is 80.9 cm³/mol. The molecule has 1 aliphatic heterocycles. The van der Waals surface area contributed by atoms with Crippen LogP contribution in [0, 0.1) is 5.92 Å². The summed E-state index contributed by atoms with van der Waals surface area (Å²) in [5.41, 5.74) is 0.389. The highest BCUT2D eigenvalue weighted by molar-refractivity contribution is 7.89. The van der Waals surface area contributed by atoms with Gasteiger partial charge in [-0.15, -0.1) is 0 Å². The molecule has 1 aromatic carbocycles. The van der Waals surface area contributed by atoms with Gasteiger partial charge < -0.3 is 4.74 Å². The molecule has 1 unspecified atom stereocenters. The summed E-state index contributed by atoms with van der Waals surface area (Å²) in [6.07, 6.45) is 2.39. The molecule has 21 heavy (non-hydrogen) atoms. The normalized spacial score (nSPS) is 19.2. The zero-order valence-corrected chi connectivity index (χ0v) is 12.8. The molecule has 1 N–H and O–H groups in total. The van der Waals surface area contributed by atoms with Crippen molar-refractivity contribution in [3.63, 3.8) is 0 Å². The Morgan fingerprint density at radius 2 is 2.24 bits per heavy atom. The lowest BCUT2D eigenvalue weighted by Crippen LogP contribution is -2.29. The molecule has 5 nitrogen and oxygen atoms in total. The van der Waals surface area contributed by atoms with Crippen LogP contribution in [0.4, 0.5) is 0 Å². The Kier molecular flexibility index (Phi) is 4.12. The zero-order chi connectivity index (χ0) is 14.9. The zero-order valence-electron chi connectivity index (χ0n) is 11.3. The van der Waals surface area contributed by atoms with Crippen LogP contribution in [0.25, 0.3) is 10.9 Å². The van der Waals surface area contributed by atoms with Gasteiger partial charge in [-0.05, 0) is 24.5 Å². The van der Waals surface area contributed by atoms with Crippen molar-refractivity contribution in [1.29, 1.82) is 0 Å². The highest BCUT2D eigenvalue weighted by Crippen LogP contribution is 2.26. The molecule has 2 heterocycles. The lowest BCUT2D eigenvalue weighted by atomic mass is 10.1. The van der Waals surface area contributed by atoms with Gasteiger partial charge in [0.1, 0.15) is 4.90 Å². The van der Waals surface area contributed by atoms with Gasteiger partial charge in [-0.1, -0.05) is 23.7 Å². The summed E-state index contributed by atoms with van der Waals surface area (Å²) in [5, 5.41) is 1.12. The molecule has 7 heteroatoms. The lowest BCUT2D eigenvalue weighted by Gasteiger charge is -2.12. The van der Waals surface area contributed by atoms with Crippen molar-refractivity contribution in [1.82, 2.24) is 9.71 Å². The van der Waals surface area contributed by atoms with Crippen LogP contribution in [0.1, 0.15) is 6.42 Å². The second kappa shape index (κ2) is 5.88. The second-order valence-corrected chi connectivity index (χ2v) is 7.17. The van der Waals surface area contributed by atoms with Crippen LogP contribution in [0.15, 0.2) is 35.4 Å². The van der Waals surface area contributed by atoms with Gasteiger partial charge in [-0.25, -0.2) is 13.1 Å². The predicted octanol–water partition coefficient (Wildman–Crippen LogP) is 2.20. The number of pyridine rings is 1. The maximum atomic E-state index is 12.5. The van der Waals surface area contributed by atoms with Crippen molar-refractivity contribution < 1.29 is 13.2 Å². The van der Waals surface area contributed by atoms with E-state index in [0.717, 1.165) is 6.42 Å². The van der Waals surface area contributed by atoms with E-state index in [-0.39, 0.29) is 10.8 Å². The molecule has 1 aliphatic rings. The largest absolute Gasteiger partial charge is 0.381 e. The number of ether oxygens (including phenoxy) is 1. The second-order valence-electron chi connectivity index (χ2n) is 5.03. The Bertz CT molecular complexity index is 758. The van der Waals surface area contributed by atoms with Crippen molar-refractivity contribution in [2.75, 3.05) is 19.8 Å². The smallest absolute Gasteiger partial charge is 0.242 e. The molecule has 0 spiro atoms. The third kappa shape index (κ3) is 3.03. The molecule has 2 aromatic rings. The molecule has 0 amide bonds. The molecule has 0 radical (unpaired) electrons. The number of benzene rings is 1. The minimum atomic E-state index is -3.62. The summed E-state index contributed by atoms with van der Waals surface area (Å²) in [5.74, 6) is 0.228. The summed E-state index contributed by atoms with van der Waals surface area (Å²) < 4.78 is 32.8. The fourth-order valence-corrected chi connectivity index (χ4v) is 3.88. The van der Waals surface area contributed by atoms with Crippen LogP contribution in [-0.4, -0.2) is 33.2 Å². The molecule has 1 aromatic heterocycles. The van der Waals surface area contributed by atoms with E-state index in [1.807, 2.05) is 0 Å². The van der Waals surface area contributed by atoms with E-state index in [0.29, 0.717) is 35.7 Å². The summed E-state index contributed by atoms with van der Waals surface area (Å²) in [4.78, 5) is 4.31. The van der Waals surface area contributed by atoms with Gasteiger partial charge in [0.2, 0.25) is 10.0 Å². The Balaban J connectivity index is 1.93. The van der Waals surface area contributed by atoms with Gasteiger partial charge in [-0.3, -0.25) is 4.98 Å². The van der Waals surface area contributed by atoms with Gasteiger partial charge >= 0.3 is 0 Å². The first-order chi connectivity index (χ1) is 10.1. The number of sulfonamides is 1. The maximum Gasteiger partial charge on any atom is 0.242 e. The first kappa shape index (κ1) is 14.7. The first-order valence-electron chi connectivity index (χ1n) is 6.68. The molecule has 1 atom stereocenters. The van der Waals surface area contributed by atoms with E-state index in [9.17, 15) is 8.42 Å². The molecule has 1 fully saturated rings. The van der Waals surface area contributed by atoms with E-state index in [2.05, 4.69) is 9.71 Å². The van der Waals surface area contributed by atoms with Crippen molar-refractivity contribution in [3.8, 4) is 0 Å². The van der Waals surface area contributed by atoms with E-state index >= 15 is 0 Å². The van der Waals surface area contributed by atoms with Gasteiger partial charge in [0.05, 0.1) is 17.1 Å². The van der Waals surface area contributed by atoms with Gasteiger partial charge in [0.25, 0.3) is 0 Å². The van der Waals surface area contributed by atoms with Crippen LogP contribution < -0.4 is 4.72 Å². The molecule has 0 saturated carbocycles. The average Bonchev–Trinajstić information content (AvgIpc) is 2.98. The molecule has 1 saturated heterocycles. The van der Waals surface area contributed by atoms with Crippen LogP contribution in [0.5, 0.6) is 0 Å². The number of hydrogen-bond donors (Lipinski definition) is 1. The monoisotopic (exact) mass is 326 g/mol. The number of halogens is 1. The molecule has 3 rings (SSSR count). The summed E-state index contributed by atoms with van der Waals surface area (Å²) >= 11 is 6.09. The standard InChI is InChI=1S/C14H15ClN2O3S/c15-12-4-6-16-14-11(12)2-1-3-13(14)21(18,19)17-8-10-5-7-20-9-10/h1-4,6,10,17H,5,7-9H2. The van der Waals surface area contributed by atoms with Crippen molar-refractivity contribution >= 4 is 32.5 Å². The minimum Gasteiger partial charge on any atom is -0.381 e. The summed E-state index contributed by atoms with van der Waals surface area (Å²) in [6, 6.07) is 6.61.